The minimum absolute atomic E-state index is 0.0976. The van der Waals surface area contributed by atoms with Crippen molar-refractivity contribution >= 4 is 6.08 Å². The van der Waals surface area contributed by atoms with Crippen LogP contribution >= 0.6 is 0 Å². The van der Waals surface area contributed by atoms with Crippen LogP contribution in [0.3, 0.4) is 0 Å². The SMILES string of the molecule is COc1cccc(C=C2CCCC2(O)C(CCN(C)C)c2ccccc2)c1. The Labute approximate surface area is 163 Å². The van der Waals surface area contributed by atoms with E-state index in [0.717, 1.165) is 49.1 Å². The quantitative estimate of drug-likeness (QED) is 0.770. The number of hydrogen-bond acceptors (Lipinski definition) is 3. The van der Waals surface area contributed by atoms with Gasteiger partial charge in [-0.1, -0.05) is 48.5 Å². The lowest BCUT2D eigenvalue weighted by Crippen LogP contribution is -2.36. The molecule has 3 nitrogen and oxygen atoms in total. The van der Waals surface area contributed by atoms with E-state index in [1.165, 1.54) is 5.56 Å². The zero-order valence-electron chi connectivity index (χ0n) is 16.7. The number of aliphatic hydroxyl groups is 1. The fraction of sp³-hybridized carbons (Fsp3) is 0.417. The first-order valence-corrected chi connectivity index (χ1v) is 9.80. The lowest BCUT2D eigenvalue weighted by Gasteiger charge is -2.35. The van der Waals surface area contributed by atoms with Gasteiger partial charge in [-0.05, 0) is 75.2 Å². The number of ether oxygens (including phenoxy) is 1. The van der Waals surface area contributed by atoms with E-state index in [4.69, 9.17) is 4.74 Å². The minimum Gasteiger partial charge on any atom is -0.497 e. The first-order valence-electron chi connectivity index (χ1n) is 9.80. The smallest absolute Gasteiger partial charge is 0.119 e. The molecule has 1 aliphatic rings. The van der Waals surface area contributed by atoms with Crippen LogP contribution in [0.15, 0.2) is 60.2 Å². The molecule has 0 saturated heterocycles. The Morgan fingerprint density at radius 2 is 1.93 bits per heavy atom. The summed E-state index contributed by atoms with van der Waals surface area (Å²) in [5, 5.41) is 11.8. The molecule has 0 aromatic heterocycles. The summed E-state index contributed by atoms with van der Waals surface area (Å²) in [5.74, 6) is 0.943. The summed E-state index contributed by atoms with van der Waals surface area (Å²) in [4.78, 5) is 2.19. The standard InChI is InChI=1S/C24H31NO2/c1-25(2)16-14-23(20-10-5-4-6-11-20)24(26)15-8-12-21(24)17-19-9-7-13-22(18-19)27-3/h4-7,9-11,13,17-18,23,26H,8,12,14-16H2,1-3H3. The maximum Gasteiger partial charge on any atom is 0.119 e. The molecule has 0 spiro atoms. The highest BCUT2D eigenvalue weighted by molar-refractivity contribution is 5.58. The largest absolute Gasteiger partial charge is 0.497 e. The number of methoxy groups -OCH3 is 1. The average molecular weight is 366 g/mol. The predicted octanol–water partition coefficient (Wildman–Crippen LogP) is 4.73. The number of hydrogen-bond donors (Lipinski definition) is 1. The van der Waals surface area contributed by atoms with Crippen molar-refractivity contribution < 1.29 is 9.84 Å². The lowest BCUT2D eigenvalue weighted by molar-refractivity contribution is 0.0498. The van der Waals surface area contributed by atoms with Gasteiger partial charge in [0.1, 0.15) is 5.75 Å². The molecule has 144 valence electrons. The summed E-state index contributed by atoms with van der Waals surface area (Å²) in [6, 6.07) is 18.5. The molecule has 0 amide bonds. The summed E-state index contributed by atoms with van der Waals surface area (Å²) in [6.45, 7) is 0.953. The van der Waals surface area contributed by atoms with Crippen LogP contribution in [-0.2, 0) is 0 Å². The van der Waals surface area contributed by atoms with Crippen LogP contribution < -0.4 is 4.74 Å². The van der Waals surface area contributed by atoms with Crippen molar-refractivity contribution in [3.63, 3.8) is 0 Å². The normalized spacial score (nSPS) is 22.3. The van der Waals surface area contributed by atoms with Crippen molar-refractivity contribution in [2.75, 3.05) is 27.7 Å². The molecule has 0 radical (unpaired) electrons. The van der Waals surface area contributed by atoms with E-state index in [1.807, 2.05) is 24.3 Å². The highest BCUT2D eigenvalue weighted by Crippen LogP contribution is 2.47. The van der Waals surface area contributed by atoms with Gasteiger partial charge in [0, 0.05) is 5.92 Å². The van der Waals surface area contributed by atoms with Crippen LogP contribution in [0.5, 0.6) is 5.75 Å². The van der Waals surface area contributed by atoms with Gasteiger partial charge >= 0.3 is 0 Å². The van der Waals surface area contributed by atoms with Gasteiger partial charge in [0.15, 0.2) is 0 Å². The van der Waals surface area contributed by atoms with Gasteiger partial charge in [0.05, 0.1) is 12.7 Å². The van der Waals surface area contributed by atoms with Crippen LogP contribution in [0.25, 0.3) is 6.08 Å². The van der Waals surface area contributed by atoms with Crippen LogP contribution in [0, 0.1) is 0 Å². The second-order valence-electron chi connectivity index (χ2n) is 7.78. The molecular formula is C24H31NO2. The van der Waals surface area contributed by atoms with Crippen molar-refractivity contribution in [1.82, 2.24) is 4.90 Å². The Morgan fingerprint density at radius 1 is 1.15 bits per heavy atom. The molecule has 1 N–H and O–H groups in total. The van der Waals surface area contributed by atoms with Crippen molar-refractivity contribution in [3.05, 3.63) is 71.3 Å². The predicted molar refractivity (Wildman–Crippen MR) is 112 cm³/mol. The maximum absolute atomic E-state index is 11.8. The Balaban J connectivity index is 1.96. The Morgan fingerprint density at radius 3 is 2.63 bits per heavy atom. The van der Waals surface area contributed by atoms with E-state index in [1.54, 1.807) is 7.11 Å². The maximum atomic E-state index is 11.8. The van der Waals surface area contributed by atoms with Gasteiger partial charge in [-0.2, -0.15) is 0 Å². The summed E-state index contributed by atoms with van der Waals surface area (Å²) in [5.41, 5.74) is 2.66. The Kier molecular flexibility index (Phi) is 6.35. The van der Waals surface area contributed by atoms with E-state index in [9.17, 15) is 5.11 Å². The number of benzene rings is 2. The number of nitrogens with zero attached hydrogens (tertiary/aromatic N) is 1. The van der Waals surface area contributed by atoms with Crippen molar-refractivity contribution in [2.45, 2.75) is 37.2 Å². The Hall–Kier alpha value is -2.10. The van der Waals surface area contributed by atoms with Gasteiger partial charge in [-0.3, -0.25) is 0 Å². The monoisotopic (exact) mass is 365 g/mol. The van der Waals surface area contributed by atoms with Gasteiger partial charge in [-0.15, -0.1) is 0 Å². The summed E-state index contributed by atoms with van der Waals surface area (Å²) < 4.78 is 5.36. The van der Waals surface area contributed by atoms with Crippen LogP contribution in [0.4, 0.5) is 0 Å². The zero-order valence-corrected chi connectivity index (χ0v) is 16.7. The molecule has 27 heavy (non-hydrogen) atoms. The van der Waals surface area contributed by atoms with E-state index in [0.29, 0.717) is 0 Å². The molecular weight excluding hydrogens is 334 g/mol. The second-order valence-corrected chi connectivity index (χ2v) is 7.78. The molecule has 2 aromatic carbocycles. The summed E-state index contributed by atoms with van der Waals surface area (Å²) in [6.07, 6.45) is 5.89. The third-order valence-corrected chi connectivity index (χ3v) is 5.64. The third-order valence-electron chi connectivity index (χ3n) is 5.64. The third kappa shape index (κ3) is 4.60. The van der Waals surface area contributed by atoms with E-state index in [2.05, 4.69) is 55.4 Å². The molecule has 0 heterocycles. The van der Waals surface area contributed by atoms with Crippen molar-refractivity contribution in [2.24, 2.45) is 0 Å². The minimum atomic E-state index is -0.791. The highest BCUT2D eigenvalue weighted by Gasteiger charge is 2.43. The van der Waals surface area contributed by atoms with Gasteiger partial charge in [0.2, 0.25) is 0 Å². The fourth-order valence-corrected chi connectivity index (χ4v) is 4.21. The van der Waals surface area contributed by atoms with Gasteiger partial charge in [0.25, 0.3) is 0 Å². The molecule has 0 bridgehead atoms. The average Bonchev–Trinajstić information content (AvgIpc) is 3.03. The fourth-order valence-electron chi connectivity index (χ4n) is 4.21. The van der Waals surface area contributed by atoms with Crippen molar-refractivity contribution in [3.8, 4) is 5.75 Å². The summed E-state index contributed by atoms with van der Waals surface area (Å²) >= 11 is 0. The first kappa shape index (κ1) is 19.7. The molecule has 3 heteroatoms. The molecule has 0 aliphatic heterocycles. The first-order chi connectivity index (χ1) is 13.0. The second kappa shape index (κ2) is 8.73. The zero-order chi connectivity index (χ0) is 19.3. The van der Waals surface area contributed by atoms with E-state index in [-0.39, 0.29) is 5.92 Å². The topological polar surface area (TPSA) is 32.7 Å². The van der Waals surface area contributed by atoms with E-state index >= 15 is 0 Å². The van der Waals surface area contributed by atoms with Crippen LogP contribution in [-0.4, -0.2) is 43.4 Å². The summed E-state index contributed by atoms with van der Waals surface area (Å²) in [7, 11) is 5.87. The van der Waals surface area contributed by atoms with Crippen LogP contribution in [0.2, 0.25) is 0 Å². The van der Waals surface area contributed by atoms with Crippen LogP contribution in [0.1, 0.15) is 42.7 Å². The number of rotatable bonds is 7. The van der Waals surface area contributed by atoms with Gasteiger partial charge in [-0.25, -0.2) is 0 Å². The Bertz CT molecular complexity index is 769. The molecule has 1 fully saturated rings. The van der Waals surface area contributed by atoms with Crippen molar-refractivity contribution in [1.29, 1.82) is 0 Å². The highest BCUT2D eigenvalue weighted by atomic mass is 16.5. The van der Waals surface area contributed by atoms with E-state index < -0.39 is 5.60 Å². The molecule has 1 saturated carbocycles. The molecule has 3 rings (SSSR count). The molecule has 2 unspecified atom stereocenters. The van der Waals surface area contributed by atoms with Gasteiger partial charge < -0.3 is 14.7 Å². The molecule has 2 aromatic rings. The molecule has 2 atom stereocenters. The lowest BCUT2D eigenvalue weighted by atomic mass is 9.76. The molecule has 1 aliphatic carbocycles.